The monoisotopic (exact) mass is 262 g/mol. The molecule has 0 radical (unpaired) electrons. The first-order chi connectivity index (χ1) is 9.11. The Balaban J connectivity index is 2.02. The lowest BCUT2D eigenvalue weighted by Crippen LogP contribution is -2.33. The average molecular weight is 262 g/mol. The summed E-state index contributed by atoms with van der Waals surface area (Å²) in [4.78, 5) is 2.50. The van der Waals surface area contributed by atoms with E-state index < -0.39 is 0 Å². The minimum Gasteiger partial charge on any atom is -0.491 e. The zero-order valence-electron chi connectivity index (χ0n) is 12.5. The number of hydrogen-bond acceptors (Lipinski definition) is 3. The van der Waals surface area contributed by atoms with Crippen LogP contribution in [0.1, 0.15) is 27.2 Å². The standard InChI is InChI=1S/C16H26N2O/c1-12(2)19-16-7-5-15(6-8-16)18-10-9-14(11-17-4)13(18)3/h5-8,12-14,17H,9-11H2,1-4H3. The molecule has 2 rings (SSSR count). The second-order valence-corrected chi connectivity index (χ2v) is 5.70. The molecule has 0 aromatic heterocycles. The number of rotatable bonds is 5. The fourth-order valence-corrected chi connectivity index (χ4v) is 2.89. The SMILES string of the molecule is CNCC1CCN(c2ccc(OC(C)C)cc2)C1C. The van der Waals surface area contributed by atoms with Crippen molar-refractivity contribution < 1.29 is 4.74 Å². The molecule has 1 N–H and O–H groups in total. The zero-order valence-corrected chi connectivity index (χ0v) is 12.5. The Morgan fingerprint density at radius 2 is 2.00 bits per heavy atom. The fourth-order valence-electron chi connectivity index (χ4n) is 2.89. The zero-order chi connectivity index (χ0) is 13.8. The molecule has 3 heteroatoms. The van der Waals surface area contributed by atoms with Crippen LogP contribution in [0.2, 0.25) is 0 Å². The third-order valence-corrected chi connectivity index (χ3v) is 3.92. The van der Waals surface area contributed by atoms with Gasteiger partial charge in [-0.25, -0.2) is 0 Å². The van der Waals surface area contributed by atoms with E-state index in [1.165, 1.54) is 12.1 Å². The minimum atomic E-state index is 0.233. The van der Waals surface area contributed by atoms with E-state index in [1.807, 2.05) is 7.05 Å². The molecule has 0 bridgehead atoms. The Labute approximate surface area is 116 Å². The fraction of sp³-hybridized carbons (Fsp3) is 0.625. The molecule has 0 saturated carbocycles. The molecule has 0 spiro atoms. The van der Waals surface area contributed by atoms with Gasteiger partial charge in [0.1, 0.15) is 5.75 Å². The maximum atomic E-state index is 5.69. The first kappa shape index (κ1) is 14.2. The van der Waals surface area contributed by atoms with Crippen molar-refractivity contribution in [2.24, 2.45) is 5.92 Å². The molecule has 1 aliphatic rings. The summed E-state index contributed by atoms with van der Waals surface area (Å²) in [5.74, 6) is 1.70. The Hall–Kier alpha value is -1.22. The van der Waals surface area contributed by atoms with Crippen LogP contribution in [-0.2, 0) is 0 Å². The van der Waals surface area contributed by atoms with Crippen molar-refractivity contribution in [1.29, 1.82) is 0 Å². The Morgan fingerprint density at radius 3 is 2.58 bits per heavy atom. The van der Waals surface area contributed by atoms with E-state index in [4.69, 9.17) is 4.74 Å². The van der Waals surface area contributed by atoms with E-state index >= 15 is 0 Å². The largest absolute Gasteiger partial charge is 0.491 e. The highest BCUT2D eigenvalue weighted by Gasteiger charge is 2.30. The van der Waals surface area contributed by atoms with Crippen LogP contribution in [0.3, 0.4) is 0 Å². The maximum Gasteiger partial charge on any atom is 0.119 e. The van der Waals surface area contributed by atoms with Gasteiger partial charge in [-0.2, -0.15) is 0 Å². The van der Waals surface area contributed by atoms with Gasteiger partial charge in [0.2, 0.25) is 0 Å². The maximum absolute atomic E-state index is 5.69. The second-order valence-electron chi connectivity index (χ2n) is 5.70. The summed E-state index contributed by atoms with van der Waals surface area (Å²) >= 11 is 0. The van der Waals surface area contributed by atoms with E-state index in [0.29, 0.717) is 6.04 Å². The summed E-state index contributed by atoms with van der Waals surface area (Å²) in [7, 11) is 2.04. The van der Waals surface area contributed by atoms with Crippen LogP contribution in [0.4, 0.5) is 5.69 Å². The van der Waals surface area contributed by atoms with Crippen molar-refractivity contribution in [3.05, 3.63) is 24.3 Å². The molecule has 2 atom stereocenters. The third kappa shape index (κ3) is 3.41. The molecule has 1 aliphatic heterocycles. The van der Waals surface area contributed by atoms with Crippen LogP contribution in [0, 0.1) is 5.92 Å². The summed E-state index contributed by atoms with van der Waals surface area (Å²) in [5.41, 5.74) is 1.31. The van der Waals surface area contributed by atoms with E-state index in [-0.39, 0.29) is 6.10 Å². The van der Waals surface area contributed by atoms with Gasteiger partial charge < -0.3 is 15.0 Å². The quantitative estimate of drug-likeness (QED) is 0.883. The molecule has 1 aromatic rings. The lowest BCUT2D eigenvalue weighted by Gasteiger charge is -2.27. The van der Waals surface area contributed by atoms with E-state index in [0.717, 1.165) is 24.8 Å². The molecule has 1 saturated heterocycles. The number of ether oxygens (including phenoxy) is 1. The van der Waals surface area contributed by atoms with Crippen LogP contribution < -0.4 is 15.0 Å². The first-order valence-electron chi connectivity index (χ1n) is 7.29. The van der Waals surface area contributed by atoms with Gasteiger partial charge in [0.05, 0.1) is 6.10 Å². The Morgan fingerprint density at radius 1 is 1.32 bits per heavy atom. The van der Waals surface area contributed by atoms with Gasteiger partial charge in [0.15, 0.2) is 0 Å². The van der Waals surface area contributed by atoms with Crippen LogP contribution in [0.25, 0.3) is 0 Å². The van der Waals surface area contributed by atoms with E-state index in [2.05, 4.69) is 55.3 Å². The second kappa shape index (κ2) is 6.29. The molecular weight excluding hydrogens is 236 g/mol. The van der Waals surface area contributed by atoms with Crippen LogP contribution in [0.5, 0.6) is 5.75 Å². The van der Waals surface area contributed by atoms with Crippen LogP contribution >= 0.6 is 0 Å². The topological polar surface area (TPSA) is 24.5 Å². The number of nitrogens with one attached hydrogen (secondary N) is 1. The minimum absolute atomic E-state index is 0.233. The smallest absolute Gasteiger partial charge is 0.119 e. The number of hydrogen-bond donors (Lipinski definition) is 1. The molecule has 0 amide bonds. The number of benzene rings is 1. The van der Waals surface area contributed by atoms with Crippen molar-refractivity contribution in [1.82, 2.24) is 5.32 Å². The molecule has 3 nitrogen and oxygen atoms in total. The van der Waals surface area contributed by atoms with E-state index in [1.54, 1.807) is 0 Å². The van der Waals surface area contributed by atoms with Gasteiger partial charge in [-0.3, -0.25) is 0 Å². The van der Waals surface area contributed by atoms with Gasteiger partial charge in [-0.05, 0) is 71.0 Å². The predicted molar refractivity (Wildman–Crippen MR) is 81.0 cm³/mol. The van der Waals surface area contributed by atoms with Crippen molar-refractivity contribution in [2.45, 2.75) is 39.3 Å². The molecule has 1 heterocycles. The summed E-state index contributed by atoms with van der Waals surface area (Å²) in [5, 5.41) is 3.30. The van der Waals surface area contributed by atoms with Gasteiger partial charge in [0, 0.05) is 18.3 Å². The summed E-state index contributed by atoms with van der Waals surface area (Å²) < 4.78 is 5.69. The number of nitrogens with zero attached hydrogens (tertiary/aromatic N) is 1. The summed E-state index contributed by atoms with van der Waals surface area (Å²) in [6.07, 6.45) is 1.50. The average Bonchev–Trinajstić information content (AvgIpc) is 2.72. The summed E-state index contributed by atoms with van der Waals surface area (Å²) in [6.45, 7) is 8.69. The van der Waals surface area contributed by atoms with Crippen LogP contribution in [0.15, 0.2) is 24.3 Å². The Bertz CT molecular complexity index is 388. The number of anilines is 1. The summed E-state index contributed by atoms with van der Waals surface area (Å²) in [6, 6.07) is 9.11. The van der Waals surface area contributed by atoms with E-state index in [9.17, 15) is 0 Å². The predicted octanol–water partition coefficient (Wildman–Crippen LogP) is 2.91. The first-order valence-corrected chi connectivity index (χ1v) is 7.29. The van der Waals surface area contributed by atoms with Crippen molar-refractivity contribution in [3.63, 3.8) is 0 Å². The van der Waals surface area contributed by atoms with Crippen molar-refractivity contribution >= 4 is 5.69 Å². The molecule has 1 fully saturated rings. The lowest BCUT2D eigenvalue weighted by atomic mass is 10.0. The highest BCUT2D eigenvalue weighted by atomic mass is 16.5. The van der Waals surface area contributed by atoms with Gasteiger partial charge in [-0.15, -0.1) is 0 Å². The molecule has 19 heavy (non-hydrogen) atoms. The lowest BCUT2D eigenvalue weighted by molar-refractivity contribution is 0.242. The van der Waals surface area contributed by atoms with Gasteiger partial charge in [0.25, 0.3) is 0 Å². The molecular formula is C16H26N2O. The highest BCUT2D eigenvalue weighted by molar-refractivity contribution is 5.51. The molecule has 1 aromatic carbocycles. The molecule has 2 unspecified atom stereocenters. The third-order valence-electron chi connectivity index (χ3n) is 3.92. The van der Waals surface area contributed by atoms with Crippen LogP contribution in [-0.4, -0.2) is 32.3 Å². The molecule has 0 aliphatic carbocycles. The van der Waals surface area contributed by atoms with Crippen molar-refractivity contribution in [3.8, 4) is 5.75 Å². The van der Waals surface area contributed by atoms with Gasteiger partial charge in [-0.1, -0.05) is 0 Å². The molecule has 106 valence electrons. The Kier molecular flexibility index (Phi) is 4.70. The van der Waals surface area contributed by atoms with Crippen molar-refractivity contribution in [2.75, 3.05) is 25.0 Å². The van der Waals surface area contributed by atoms with Gasteiger partial charge >= 0.3 is 0 Å². The highest BCUT2D eigenvalue weighted by Crippen LogP contribution is 2.30. The normalized spacial score (nSPS) is 23.1.